The lowest BCUT2D eigenvalue weighted by Gasteiger charge is -2.11. The highest BCUT2D eigenvalue weighted by Gasteiger charge is 2.13. The maximum Gasteiger partial charge on any atom is 0.270 e. The smallest absolute Gasteiger partial charge is 0.270 e. The van der Waals surface area contributed by atoms with Gasteiger partial charge in [0.15, 0.2) is 5.96 Å². The molecule has 3 aromatic carbocycles. The number of rotatable bonds is 7. The molecule has 4 aromatic rings. The van der Waals surface area contributed by atoms with Gasteiger partial charge in [0.25, 0.3) is 5.69 Å². The quantitative estimate of drug-likeness (QED) is 0.156. The molecular weight excluding hydrogens is 468 g/mol. The predicted octanol–water partition coefficient (Wildman–Crippen LogP) is 5.31. The predicted molar refractivity (Wildman–Crippen MR) is 137 cm³/mol. The number of anilines is 1. The Morgan fingerprint density at radius 1 is 1.03 bits per heavy atom. The van der Waals surface area contributed by atoms with Gasteiger partial charge in [0, 0.05) is 28.3 Å². The summed E-state index contributed by atoms with van der Waals surface area (Å²) in [4.78, 5) is 24.2. The van der Waals surface area contributed by atoms with E-state index < -0.39 is 4.92 Å². The van der Waals surface area contributed by atoms with Crippen molar-refractivity contribution in [2.75, 3.05) is 12.4 Å². The highest BCUT2D eigenvalue weighted by atomic mass is 35.5. The van der Waals surface area contributed by atoms with Gasteiger partial charge in [-0.25, -0.2) is 15.0 Å². The first kappa shape index (κ1) is 23.7. The average Bonchev–Trinajstić information content (AvgIpc) is 2.88. The number of hydrogen-bond donors (Lipinski definition) is 2. The minimum atomic E-state index is -0.451. The number of aromatic nitrogens is 2. The zero-order chi connectivity index (χ0) is 24.8. The molecule has 0 aliphatic heterocycles. The van der Waals surface area contributed by atoms with Crippen molar-refractivity contribution in [3.05, 3.63) is 99.6 Å². The number of nitrogens with one attached hydrogen (secondary N) is 1. The summed E-state index contributed by atoms with van der Waals surface area (Å²) in [6, 6.07) is 22.7. The van der Waals surface area contributed by atoms with E-state index in [-0.39, 0.29) is 24.1 Å². The molecule has 9 nitrogen and oxygen atoms in total. The Bertz CT molecular complexity index is 1390. The van der Waals surface area contributed by atoms with Crippen LogP contribution in [0.15, 0.2) is 83.9 Å². The molecule has 3 N–H and O–H groups in total. The SMILES string of the molecule is COc1ccc(-c2cc(-c3cccc([N+](=O)[O-])c3)nc(NC(N)=NCc3ccccc3Cl)n2)cc1. The lowest BCUT2D eigenvalue weighted by atomic mass is 10.1. The molecule has 0 fully saturated rings. The Balaban J connectivity index is 1.70. The summed E-state index contributed by atoms with van der Waals surface area (Å²) < 4.78 is 5.23. The molecule has 0 aliphatic rings. The maximum atomic E-state index is 11.3. The third kappa shape index (κ3) is 5.90. The highest BCUT2D eigenvalue weighted by Crippen LogP contribution is 2.28. The Kier molecular flexibility index (Phi) is 7.18. The number of nitro benzene ring substituents is 1. The van der Waals surface area contributed by atoms with Crippen LogP contribution in [0.5, 0.6) is 5.75 Å². The third-order valence-corrected chi connectivity index (χ3v) is 5.45. The van der Waals surface area contributed by atoms with Gasteiger partial charge < -0.3 is 10.5 Å². The van der Waals surface area contributed by atoms with Crippen LogP contribution in [-0.2, 0) is 6.54 Å². The van der Waals surface area contributed by atoms with E-state index in [9.17, 15) is 10.1 Å². The first-order valence-corrected chi connectivity index (χ1v) is 10.9. The van der Waals surface area contributed by atoms with Crippen molar-refractivity contribution < 1.29 is 9.66 Å². The largest absolute Gasteiger partial charge is 0.497 e. The Morgan fingerprint density at radius 3 is 2.43 bits per heavy atom. The van der Waals surface area contributed by atoms with E-state index in [0.29, 0.717) is 27.7 Å². The summed E-state index contributed by atoms with van der Waals surface area (Å²) in [5.74, 6) is 0.998. The van der Waals surface area contributed by atoms with Crippen molar-refractivity contribution >= 4 is 29.2 Å². The van der Waals surface area contributed by atoms with Crippen LogP contribution >= 0.6 is 11.6 Å². The molecule has 0 unspecified atom stereocenters. The topological polar surface area (TPSA) is 129 Å². The molecule has 4 rings (SSSR count). The number of nitro groups is 1. The van der Waals surface area contributed by atoms with E-state index in [1.807, 2.05) is 42.5 Å². The summed E-state index contributed by atoms with van der Waals surface area (Å²) in [5.41, 5.74) is 9.31. The normalized spacial score (nSPS) is 11.2. The molecule has 35 heavy (non-hydrogen) atoms. The van der Waals surface area contributed by atoms with Crippen LogP contribution in [0.3, 0.4) is 0 Å². The molecule has 1 heterocycles. The number of guanidine groups is 1. The van der Waals surface area contributed by atoms with Crippen molar-refractivity contribution in [1.29, 1.82) is 0 Å². The number of benzene rings is 3. The van der Waals surface area contributed by atoms with Crippen LogP contribution in [0.4, 0.5) is 11.6 Å². The molecule has 0 saturated heterocycles. The molecule has 0 spiro atoms. The van der Waals surface area contributed by atoms with Gasteiger partial charge in [-0.3, -0.25) is 15.4 Å². The number of hydrogen-bond acceptors (Lipinski definition) is 6. The van der Waals surface area contributed by atoms with E-state index in [2.05, 4.69) is 20.3 Å². The second-order valence-electron chi connectivity index (χ2n) is 7.42. The molecule has 0 amide bonds. The zero-order valence-corrected chi connectivity index (χ0v) is 19.4. The van der Waals surface area contributed by atoms with E-state index in [0.717, 1.165) is 11.1 Å². The van der Waals surface area contributed by atoms with Crippen LogP contribution in [0.1, 0.15) is 5.56 Å². The molecule has 0 atom stereocenters. The fourth-order valence-corrected chi connectivity index (χ4v) is 3.49. The fraction of sp³-hybridized carbons (Fsp3) is 0.0800. The van der Waals surface area contributed by atoms with E-state index in [4.69, 9.17) is 22.1 Å². The number of nitrogens with two attached hydrogens (primary N) is 1. The van der Waals surface area contributed by atoms with E-state index >= 15 is 0 Å². The first-order valence-electron chi connectivity index (χ1n) is 10.5. The maximum absolute atomic E-state index is 11.3. The molecule has 0 saturated carbocycles. The Morgan fingerprint density at radius 2 is 1.74 bits per heavy atom. The summed E-state index contributed by atoms with van der Waals surface area (Å²) >= 11 is 6.19. The zero-order valence-electron chi connectivity index (χ0n) is 18.7. The van der Waals surface area contributed by atoms with Crippen LogP contribution in [0.25, 0.3) is 22.5 Å². The lowest BCUT2D eigenvalue weighted by Crippen LogP contribution is -2.24. The number of methoxy groups -OCH3 is 1. The number of halogens is 1. The molecule has 10 heteroatoms. The monoisotopic (exact) mass is 488 g/mol. The first-order chi connectivity index (χ1) is 16.9. The van der Waals surface area contributed by atoms with E-state index in [1.54, 1.807) is 31.4 Å². The molecule has 176 valence electrons. The van der Waals surface area contributed by atoms with Crippen molar-refractivity contribution in [2.24, 2.45) is 10.7 Å². The Hall–Kier alpha value is -4.50. The van der Waals surface area contributed by atoms with Crippen molar-refractivity contribution in [3.63, 3.8) is 0 Å². The summed E-state index contributed by atoms with van der Waals surface area (Å²) in [6.07, 6.45) is 0. The third-order valence-electron chi connectivity index (χ3n) is 5.08. The molecular formula is C25H21ClN6O3. The number of nitrogens with zero attached hydrogens (tertiary/aromatic N) is 4. The van der Waals surface area contributed by atoms with Crippen LogP contribution in [0, 0.1) is 10.1 Å². The van der Waals surface area contributed by atoms with Crippen molar-refractivity contribution in [3.8, 4) is 28.3 Å². The standard InChI is InChI=1S/C25H21ClN6O3/c1-35-20-11-9-16(10-12-20)22-14-23(17-6-4-7-19(13-17)32(33)34)30-25(29-22)31-24(27)28-15-18-5-2-3-8-21(18)26/h2-14H,15H2,1H3,(H3,27,28,29,30,31). The summed E-state index contributed by atoms with van der Waals surface area (Å²) in [6.45, 7) is 0.272. The number of non-ortho nitro benzene ring substituents is 1. The molecule has 0 radical (unpaired) electrons. The summed E-state index contributed by atoms with van der Waals surface area (Å²) in [7, 11) is 1.59. The van der Waals surface area contributed by atoms with Gasteiger partial charge >= 0.3 is 0 Å². The van der Waals surface area contributed by atoms with Gasteiger partial charge in [-0.15, -0.1) is 0 Å². The second kappa shape index (κ2) is 10.6. The van der Waals surface area contributed by atoms with Crippen LogP contribution < -0.4 is 15.8 Å². The average molecular weight is 489 g/mol. The van der Waals surface area contributed by atoms with Gasteiger partial charge in [-0.1, -0.05) is 41.9 Å². The number of aliphatic imine (C=N–C) groups is 1. The second-order valence-corrected chi connectivity index (χ2v) is 7.82. The van der Waals surface area contributed by atoms with Gasteiger partial charge in [0.1, 0.15) is 5.75 Å². The van der Waals surface area contributed by atoms with Crippen molar-refractivity contribution in [2.45, 2.75) is 6.54 Å². The minimum Gasteiger partial charge on any atom is -0.497 e. The summed E-state index contributed by atoms with van der Waals surface area (Å²) in [5, 5.41) is 14.8. The molecule has 1 aromatic heterocycles. The number of ether oxygens (including phenoxy) is 1. The van der Waals surface area contributed by atoms with Gasteiger partial charge in [0.2, 0.25) is 5.95 Å². The van der Waals surface area contributed by atoms with Gasteiger partial charge in [0.05, 0.1) is 30.0 Å². The minimum absolute atomic E-state index is 0.0394. The van der Waals surface area contributed by atoms with Gasteiger partial charge in [-0.2, -0.15) is 0 Å². The van der Waals surface area contributed by atoms with Gasteiger partial charge in [-0.05, 0) is 42.0 Å². The lowest BCUT2D eigenvalue weighted by molar-refractivity contribution is -0.384. The highest BCUT2D eigenvalue weighted by molar-refractivity contribution is 6.31. The molecule has 0 aliphatic carbocycles. The van der Waals surface area contributed by atoms with E-state index in [1.165, 1.54) is 12.1 Å². The fourth-order valence-electron chi connectivity index (χ4n) is 3.29. The Labute approximate surface area is 206 Å². The van der Waals surface area contributed by atoms with Crippen molar-refractivity contribution in [1.82, 2.24) is 9.97 Å². The van der Waals surface area contributed by atoms with Crippen LogP contribution in [-0.4, -0.2) is 28.0 Å². The van der Waals surface area contributed by atoms with Crippen LogP contribution in [0.2, 0.25) is 5.02 Å². The molecule has 0 bridgehead atoms.